The third-order valence-electron chi connectivity index (χ3n) is 8.86. The minimum atomic E-state index is -1.01. The first-order valence-electron chi connectivity index (χ1n) is 14.0. The summed E-state index contributed by atoms with van der Waals surface area (Å²) in [5, 5.41) is 13.7. The topological polar surface area (TPSA) is 121 Å². The lowest BCUT2D eigenvalue weighted by Gasteiger charge is -2.40. The van der Waals surface area contributed by atoms with Crippen LogP contribution in [0.25, 0.3) is 0 Å². The van der Waals surface area contributed by atoms with Crippen molar-refractivity contribution >= 4 is 29.5 Å². The van der Waals surface area contributed by atoms with Gasteiger partial charge in [-0.2, -0.15) is 0 Å². The van der Waals surface area contributed by atoms with Crippen LogP contribution in [0.2, 0.25) is 0 Å². The van der Waals surface area contributed by atoms with Gasteiger partial charge in [0.1, 0.15) is 5.84 Å². The standard InChI is InChI=1S/C31H34N4O6/c1-40-27(37)24-25(28(38)41-2)33-29-31(16-21(18-36)35(29)30(39)32-20-12-6-7-13-20)22-14-8-9-15-23(22)34(26(24)31)17-19-10-4-3-5-11-19/h3-5,8-11,14-15,20-21,26,36H,6-7,12-13,16-18H2,1-2H3,(H,32,39)/t21?,26?,31-/m0/s1. The van der Waals surface area contributed by atoms with Gasteiger partial charge in [0.05, 0.1) is 43.9 Å². The summed E-state index contributed by atoms with van der Waals surface area (Å²) in [6, 6.07) is 15.9. The summed E-state index contributed by atoms with van der Waals surface area (Å²) in [5.41, 5.74) is 1.60. The number of benzene rings is 2. The third-order valence-corrected chi connectivity index (χ3v) is 8.86. The number of fused-ring (bicyclic) bond motifs is 1. The molecule has 1 saturated carbocycles. The number of aliphatic hydroxyl groups excluding tert-OH is 1. The number of hydrogen-bond donors (Lipinski definition) is 2. The van der Waals surface area contributed by atoms with E-state index in [0.29, 0.717) is 18.8 Å². The maximum absolute atomic E-state index is 13.9. The van der Waals surface area contributed by atoms with Crippen molar-refractivity contribution in [1.82, 2.24) is 10.2 Å². The predicted molar refractivity (Wildman–Crippen MR) is 151 cm³/mol. The van der Waals surface area contributed by atoms with Crippen LogP contribution >= 0.6 is 0 Å². The second-order valence-corrected chi connectivity index (χ2v) is 11.0. The maximum atomic E-state index is 13.9. The number of aliphatic imine (C=N–C) groups is 1. The van der Waals surface area contributed by atoms with Crippen LogP contribution in [0.1, 0.15) is 43.2 Å². The lowest BCUT2D eigenvalue weighted by atomic mass is 9.69. The van der Waals surface area contributed by atoms with E-state index in [9.17, 15) is 19.5 Å². The number of nitrogens with zero attached hydrogens (tertiary/aromatic N) is 3. The van der Waals surface area contributed by atoms with Gasteiger partial charge in [-0.1, -0.05) is 61.4 Å². The van der Waals surface area contributed by atoms with Crippen molar-refractivity contribution in [2.75, 3.05) is 25.7 Å². The molecule has 10 nitrogen and oxygen atoms in total. The Balaban J connectivity index is 1.58. The summed E-state index contributed by atoms with van der Waals surface area (Å²) in [6.45, 7) is 0.109. The molecule has 3 heterocycles. The molecule has 10 heteroatoms. The minimum absolute atomic E-state index is 0.0325. The minimum Gasteiger partial charge on any atom is -0.466 e. The normalized spacial score (nSPS) is 24.9. The number of hydrogen-bond acceptors (Lipinski definition) is 8. The molecule has 6 rings (SSSR count). The van der Waals surface area contributed by atoms with Crippen LogP contribution in [0.3, 0.4) is 0 Å². The summed E-state index contributed by atoms with van der Waals surface area (Å²) in [4.78, 5) is 49.0. The van der Waals surface area contributed by atoms with E-state index in [4.69, 9.17) is 14.5 Å². The highest BCUT2D eigenvalue weighted by molar-refractivity contribution is 6.15. The number of amides is 2. The zero-order valence-electron chi connectivity index (χ0n) is 23.2. The predicted octanol–water partition coefficient (Wildman–Crippen LogP) is 3.04. The quantitative estimate of drug-likeness (QED) is 0.523. The molecular formula is C31H34N4O6. The average molecular weight is 559 g/mol. The fraction of sp³-hybridized carbons (Fsp3) is 0.419. The molecular weight excluding hydrogens is 524 g/mol. The number of rotatable bonds is 6. The Bertz CT molecular complexity index is 1430. The van der Waals surface area contributed by atoms with Gasteiger partial charge in [0, 0.05) is 18.3 Å². The molecule has 0 bridgehead atoms. The molecule has 1 aliphatic carbocycles. The fourth-order valence-corrected chi connectivity index (χ4v) is 7.16. The second kappa shape index (κ2) is 10.7. The van der Waals surface area contributed by atoms with Gasteiger partial charge in [-0.25, -0.2) is 19.4 Å². The van der Waals surface area contributed by atoms with Gasteiger partial charge >= 0.3 is 18.0 Å². The molecule has 1 saturated heterocycles. The number of urea groups is 1. The van der Waals surface area contributed by atoms with Gasteiger partial charge in [0.15, 0.2) is 5.70 Å². The molecule has 2 unspecified atom stereocenters. The van der Waals surface area contributed by atoms with E-state index in [1.807, 2.05) is 54.6 Å². The number of carbonyl (C=O) groups is 3. The summed E-state index contributed by atoms with van der Waals surface area (Å²) >= 11 is 0. The zero-order valence-corrected chi connectivity index (χ0v) is 23.2. The molecule has 2 N–H and O–H groups in total. The molecule has 0 radical (unpaired) electrons. The molecule has 41 heavy (non-hydrogen) atoms. The number of amidine groups is 1. The Morgan fingerprint density at radius 3 is 2.37 bits per heavy atom. The second-order valence-electron chi connectivity index (χ2n) is 11.0. The van der Waals surface area contributed by atoms with Crippen molar-refractivity contribution in [3.8, 4) is 0 Å². The molecule has 2 fully saturated rings. The number of para-hydroxylation sites is 1. The van der Waals surface area contributed by atoms with Crippen molar-refractivity contribution < 1.29 is 29.0 Å². The van der Waals surface area contributed by atoms with E-state index in [1.54, 1.807) is 0 Å². The lowest BCUT2D eigenvalue weighted by Crippen LogP contribution is -2.57. The summed E-state index contributed by atoms with van der Waals surface area (Å²) in [5.74, 6) is -1.17. The Kier molecular flexibility index (Phi) is 7.03. The number of nitrogens with one attached hydrogen (secondary N) is 1. The Morgan fingerprint density at radius 2 is 1.68 bits per heavy atom. The van der Waals surface area contributed by atoms with Crippen LogP contribution in [0.15, 0.2) is 70.9 Å². The highest BCUT2D eigenvalue weighted by Gasteiger charge is 2.66. The molecule has 3 aliphatic heterocycles. The summed E-state index contributed by atoms with van der Waals surface area (Å²) < 4.78 is 10.3. The number of esters is 2. The van der Waals surface area contributed by atoms with Gasteiger partial charge in [-0.05, 0) is 36.5 Å². The third kappa shape index (κ3) is 4.20. The first kappa shape index (κ1) is 27.0. The highest BCUT2D eigenvalue weighted by atomic mass is 16.5. The number of aliphatic hydroxyl groups is 1. The lowest BCUT2D eigenvalue weighted by molar-refractivity contribution is -0.139. The summed E-state index contributed by atoms with van der Waals surface area (Å²) in [7, 11) is 2.50. The largest absolute Gasteiger partial charge is 0.466 e. The average Bonchev–Trinajstić information content (AvgIpc) is 3.70. The SMILES string of the molecule is COC(=O)C1=C(C(=O)OC)C2N(Cc3ccccc3)c3ccccc3[C@@]23CC(CO)N(C(=O)NC2CCCC2)C3=N1. The van der Waals surface area contributed by atoms with Gasteiger partial charge < -0.3 is 24.8 Å². The van der Waals surface area contributed by atoms with Crippen LogP contribution in [-0.4, -0.2) is 72.8 Å². The van der Waals surface area contributed by atoms with Crippen molar-refractivity contribution in [2.45, 2.75) is 62.2 Å². The van der Waals surface area contributed by atoms with Gasteiger partial charge in [-0.15, -0.1) is 0 Å². The number of anilines is 1. The van der Waals surface area contributed by atoms with E-state index < -0.39 is 29.4 Å². The molecule has 4 aliphatic rings. The van der Waals surface area contributed by atoms with Crippen molar-refractivity contribution in [2.24, 2.45) is 4.99 Å². The van der Waals surface area contributed by atoms with Crippen molar-refractivity contribution in [3.63, 3.8) is 0 Å². The van der Waals surface area contributed by atoms with Crippen LogP contribution in [0.4, 0.5) is 10.5 Å². The fourth-order valence-electron chi connectivity index (χ4n) is 7.16. The Morgan fingerprint density at radius 1 is 1.00 bits per heavy atom. The van der Waals surface area contributed by atoms with Crippen LogP contribution < -0.4 is 10.2 Å². The zero-order chi connectivity index (χ0) is 28.7. The van der Waals surface area contributed by atoms with Crippen LogP contribution in [0, 0.1) is 0 Å². The van der Waals surface area contributed by atoms with E-state index >= 15 is 0 Å². The molecule has 2 amide bonds. The molecule has 214 valence electrons. The molecule has 1 spiro atoms. The summed E-state index contributed by atoms with van der Waals surface area (Å²) in [6.07, 6.45) is 4.16. The maximum Gasteiger partial charge on any atom is 0.357 e. The molecule has 0 aromatic heterocycles. The van der Waals surface area contributed by atoms with E-state index in [1.165, 1.54) is 19.1 Å². The number of ether oxygens (including phenoxy) is 2. The first-order chi connectivity index (χ1) is 19.9. The van der Waals surface area contributed by atoms with Gasteiger partial charge in [-0.3, -0.25) is 4.90 Å². The van der Waals surface area contributed by atoms with Gasteiger partial charge in [0.25, 0.3) is 0 Å². The smallest absolute Gasteiger partial charge is 0.357 e. The molecule has 2 aromatic rings. The number of likely N-dealkylation sites (tertiary alicyclic amines) is 1. The van der Waals surface area contributed by atoms with Crippen LogP contribution in [-0.2, 0) is 31.0 Å². The van der Waals surface area contributed by atoms with Crippen molar-refractivity contribution in [1.29, 1.82) is 0 Å². The monoisotopic (exact) mass is 558 g/mol. The first-order valence-corrected chi connectivity index (χ1v) is 14.0. The van der Waals surface area contributed by atoms with Gasteiger partial charge in [0.2, 0.25) is 0 Å². The van der Waals surface area contributed by atoms with E-state index in [2.05, 4.69) is 10.2 Å². The van der Waals surface area contributed by atoms with E-state index in [0.717, 1.165) is 42.5 Å². The number of methoxy groups -OCH3 is 2. The number of carbonyl (C=O) groups excluding carboxylic acids is 3. The van der Waals surface area contributed by atoms with Crippen molar-refractivity contribution in [3.05, 3.63) is 77.0 Å². The highest BCUT2D eigenvalue weighted by Crippen LogP contribution is 2.58. The van der Waals surface area contributed by atoms with Crippen LogP contribution in [0.5, 0.6) is 0 Å². The molecule has 2 aromatic carbocycles. The molecule has 3 atom stereocenters. The Hall–Kier alpha value is -4.18. The Labute approximate surface area is 238 Å². The van der Waals surface area contributed by atoms with E-state index in [-0.39, 0.29) is 29.9 Å².